The number of aryl methyl sites for hydroxylation is 1. The third-order valence-corrected chi connectivity index (χ3v) is 5.42. The van der Waals surface area contributed by atoms with E-state index < -0.39 is 0 Å². The first-order valence-corrected chi connectivity index (χ1v) is 7.90. The molecule has 2 atom stereocenters. The van der Waals surface area contributed by atoms with Crippen LogP contribution in [0.1, 0.15) is 48.8 Å². The molecule has 0 bridgehead atoms. The van der Waals surface area contributed by atoms with Gasteiger partial charge in [-0.2, -0.15) is 5.10 Å². The number of ether oxygens (including phenoxy) is 1. The second-order valence-electron chi connectivity index (χ2n) is 7.49. The fraction of sp³-hybridized carbons (Fsp3) is 0.750. The van der Waals surface area contributed by atoms with Gasteiger partial charge in [0, 0.05) is 31.1 Å². The maximum absolute atomic E-state index is 12.9. The van der Waals surface area contributed by atoms with Gasteiger partial charge < -0.3 is 9.64 Å². The number of aromatic nitrogens is 2. The van der Waals surface area contributed by atoms with E-state index in [0.717, 1.165) is 13.2 Å². The highest BCUT2D eigenvalue weighted by Gasteiger charge is 2.52. The Hall–Kier alpha value is -1.36. The molecule has 2 saturated heterocycles. The lowest BCUT2D eigenvalue weighted by atomic mass is 9.80. The van der Waals surface area contributed by atoms with E-state index >= 15 is 0 Å². The number of hydrogen-bond acceptors (Lipinski definition) is 3. The molecule has 21 heavy (non-hydrogen) atoms. The number of hydrogen-bond donors (Lipinski definition) is 0. The lowest BCUT2D eigenvalue weighted by Crippen LogP contribution is -2.38. The van der Waals surface area contributed by atoms with E-state index in [-0.39, 0.29) is 17.4 Å². The summed E-state index contributed by atoms with van der Waals surface area (Å²) in [6.45, 7) is 6.72. The van der Waals surface area contributed by atoms with E-state index in [4.69, 9.17) is 4.74 Å². The minimum Gasteiger partial charge on any atom is -0.379 e. The maximum Gasteiger partial charge on any atom is 0.274 e. The Balaban J connectivity index is 1.61. The zero-order chi connectivity index (χ0) is 14.8. The largest absolute Gasteiger partial charge is 0.379 e. The van der Waals surface area contributed by atoms with Crippen molar-refractivity contribution in [1.29, 1.82) is 0 Å². The summed E-state index contributed by atoms with van der Waals surface area (Å²) in [6.07, 6.45) is 2.45. The SMILES string of the molecule is Cn1nc(C(=O)N2CC(C)(C)[C@@H]3COC[C@@H]32)cc1C1CC1. The molecule has 0 radical (unpaired) electrons. The molecule has 114 valence electrons. The average molecular weight is 289 g/mol. The molecule has 3 fully saturated rings. The summed E-state index contributed by atoms with van der Waals surface area (Å²) in [6, 6.07) is 2.22. The summed E-state index contributed by atoms with van der Waals surface area (Å²) in [5.41, 5.74) is 1.93. The zero-order valence-corrected chi connectivity index (χ0v) is 13.0. The van der Waals surface area contributed by atoms with Gasteiger partial charge in [0.15, 0.2) is 5.69 Å². The van der Waals surface area contributed by atoms with E-state index in [2.05, 4.69) is 18.9 Å². The Morgan fingerprint density at radius 2 is 2.14 bits per heavy atom. The number of carbonyl (C=O) groups is 1. The monoisotopic (exact) mass is 289 g/mol. The highest BCUT2D eigenvalue weighted by molar-refractivity contribution is 5.93. The molecular weight excluding hydrogens is 266 g/mol. The molecule has 5 nitrogen and oxygen atoms in total. The van der Waals surface area contributed by atoms with Crippen molar-refractivity contribution < 1.29 is 9.53 Å². The summed E-state index contributed by atoms with van der Waals surface area (Å²) >= 11 is 0. The van der Waals surface area contributed by atoms with Gasteiger partial charge in [-0.25, -0.2) is 0 Å². The van der Waals surface area contributed by atoms with Crippen LogP contribution < -0.4 is 0 Å². The highest BCUT2D eigenvalue weighted by atomic mass is 16.5. The van der Waals surface area contributed by atoms with Crippen LogP contribution in [0.3, 0.4) is 0 Å². The van der Waals surface area contributed by atoms with E-state index in [1.54, 1.807) is 0 Å². The van der Waals surface area contributed by atoms with Crippen LogP contribution in [0.25, 0.3) is 0 Å². The predicted octanol–water partition coefficient (Wildman–Crippen LogP) is 1.79. The molecule has 0 spiro atoms. The van der Waals surface area contributed by atoms with Crippen LogP contribution in [0.4, 0.5) is 0 Å². The van der Waals surface area contributed by atoms with Gasteiger partial charge in [-0.15, -0.1) is 0 Å². The van der Waals surface area contributed by atoms with Crippen molar-refractivity contribution in [3.63, 3.8) is 0 Å². The molecule has 3 aliphatic rings. The average Bonchev–Trinajstić information content (AvgIpc) is 2.92. The molecule has 1 amide bonds. The van der Waals surface area contributed by atoms with Gasteiger partial charge in [-0.05, 0) is 24.3 Å². The fourth-order valence-electron chi connectivity index (χ4n) is 3.99. The smallest absolute Gasteiger partial charge is 0.274 e. The minimum atomic E-state index is 0.0728. The first kappa shape index (κ1) is 13.3. The van der Waals surface area contributed by atoms with Crippen molar-refractivity contribution in [2.75, 3.05) is 19.8 Å². The van der Waals surface area contributed by atoms with Crippen LogP contribution in [0.2, 0.25) is 0 Å². The van der Waals surface area contributed by atoms with Crippen LogP contribution in [-0.4, -0.2) is 46.4 Å². The van der Waals surface area contributed by atoms with Crippen molar-refractivity contribution in [1.82, 2.24) is 14.7 Å². The van der Waals surface area contributed by atoms with Gasteiger partial charge in [0.1, 0.15) is 0 Å². The van der Waals surface area contributed by atoms with E-state index in [9.17, 15) is 4.79 Å². The van der Waals surface area contributed by atoms with Crippen molar-refractivity contribution in [3.8, 4) is 0 Å². The summed E-state index contributed by atoms with van der Waals surface area (Å²) < 4.78 is 7.50. The summed E-state index contributed by atoms with van der Waals surface area (Å²) in [5.74, 6) is 1.14. The molecule has 4 rings (SSSR count). The number of carbonyl (C=O) groups excluding carboxylic acids is 1. The Kier molecular flexibility index (Phi) is 2.74. The summed E-state index contributed by atoms with van der Waals surface area (Å²) in [7, 11) is 1.94. The van der Waals surface area contributed by atoms with E-state index in [1.807, 2.05) is 22.7 Å². The maximum atomic E-state index is 12.9. The Morgan fingerprint density at radius 1 is 1.38 bits per heavy atom. The lowest BCUT2D eigenvalue weighted by molar-refractivity contribution is 0.0658. The van der Waals surface area contributed by atoms with E-state index in [1.165, 1.54) is 18.5 Å². The number of amides is 1. The number of nitrogens with zero attached hydrogens (tertiary/aromatic N) is 3. The number of fused-ring (bicyclic) bond motifs is 1. The van der Waals surface area contributed by atoms with Gasteiger partial charge >= 0.3 is 0 Å². The third-order valence-electron chi connectivity index (χ3n) is 5.42. The summed E-state index contributed by atoms with van der Waals surface area (Å²) in [5, 5.41) is 4.46. The van der Waals surface area contributed by atoms with Gasteiger partial charge in [0.2, 0.25) is 0 Å². The number of likely N-dealkylation sites (tertiary alicyclic amines) is 1. The van der Waals surface area contributed by atoms with Crippen molar-refractivity contribution >= 4 is 5.91 Å². The molecule has 1 aromatic heterocycles. The standard InChI is InChI=1S/C16H23N3O2/c1-16(2)9-19(14-8-21-7-11(14)16)15(20)12-6-13(10-4-5-10)18(3)17-12/h6,10-11,14H,4-5,7-9H2,1-3H3/t11-,14+/m1/s1. The topological polar surface area (TPSA) is 47.4 Å². The Morgan fingerprint density at radius 3 is 2.86 bits per heavy atom. The van der Waals surface area contributed by atoms with Crippen LogP contribution in [-0.2, 0) is 11.8 Å². The third kappa shape index (κ3) is 2.01. The van der Waals surface area contributed by atoms with Crippen LogP contribution in [0.5, 0.6) is 0 Å². The van der Waals surface area contributed by atoms with Gasteiger partial charge in [0.25, 0.3) is 5.91 Å². The molecule has 1 aliphatic carbocycles. The minimum absolute atomic E-state index is 0.0728. The molecule has 1 saturated carbocycles. The molecule has 0 aromatic carbocycles. The van der Waals surface area contributed by atoms with Gasteiger partial charge in [-0.3, -0.25) is 9.48 Å². The summed E-state index contributed by atoms with van der Waals surface area (Å²) in [4.78, 5) is 14.9. The van der Waals surface area contributed by atoms with Crippen LogP contribution >= 0.6 is 0 Å². The Labute approximate surface area is 125 Å². The predicted molar refractivity (Wildman–Crippen MR) is 78.1 cm³/mol. The molecule has 3 heterocycles. The zero-order valence-electron chi connectivity index (χ0n) is 13.0. The van der Waals surface area contributed by atoms with Crippen LogP contribution in [0.15, 0.2) is 6.07 Å². The number of rotatable bonds is 2. The lowest BCUT2D eigenvalue weighted by Gasteiger charge is -2.23. The fourth-order valence-corrected chi connectivity index (χ4v) is 3.99. The molecule has 0 N–H and O–H groups in total. The normalized spacial score (nSPS) is 30.7. The van der Waals surface area contributed by atoms with E-state index in [0.29, 0.717) is 24.1 Å². The second-order valence-corrected chi connectivity index (χ2v) is 7.49. The van der Waals surface area contributed by atoms with Crippen molar-refractivity contribution in [3.05, 3.63) is 17.5 Å². The molecule has 2 aliphatic heterocycles. The molecule has 1 aromatic rings. The Bertz CT molecular complexity index is 588. The van der Waals surface area contributed by atoms with Gasteiger partial charge in [0.05, 0.1) is 19.3 Å². The van der Waals surface area contributed by atoms with Crippen LogP contribution in [0, 0.1) is 11.3 Å². The van der Waals surface area contributed by atoms with Crippen molar-refractivity contribution in [2.45, 2.75) is 38.6 Å². The van der Waals surface area contributed by atoms with Gasteiger partial charge in [-0.1, -0.05) is 13.8 Å². The second kappa shape index (κ2) is 4.32. The van der Waals surface area contributed by atoms with Crippen molar-refractivity contribution in [2.24, 2.45) is 18.4 Å². The molecule has 5 heteroatoms. The molecule has 0 unspecified atom stereocenters. The quantitative estimate of drug-likeness (QED) is 0.834. The molecular formula is C16H23N3O2. The highest BCUT2D eigenvalue weighted by Crippen LogP contribution is 2.44. The first-order chi connectivity index (χ1) is 9.97. The first-order valence-electron chi connectivity index (χ1n) is 7.90.